The SMILES string of the molecule is C[C@H](C[C@@H](O)c1ccco1)NC(=O)NCCc1cn2ccccc2n1. The number of urea groups is 1. The number of amides is 2. The number of fused-ring (bicyclic) bond motifs is 1. The van der Waals surface area contributed by atoms with Gasteiger partial charge in [-0.2, -0.15) is 0 Å². The van der Waals surface area contributed by atoms with Crippen molar-refractivity contribution in [3.8, 4) is 0 Å². The Labute approximate surface area is 145 Å². The van der Waals surface area contributed by atoms with E-state index in [1.165, 1.54) is 6.26 Å². The molecule has 25 heavy (non-hydrogen) atoms. The van der Waals surface area contributed by atoms with E-state index in [1.807, 2.05) is 41.9 Å². The van der Waals surface area contributed by atoms with Crippen LogP contribution >= 0.6 is 0 Å². The molecule has 0 bridgehead atoms. The molecule has 0 unspecified atom stereocenters. The molecule has 3 aromatic rings. The number of nitrogens with zero attached hydrogens (tertiary/aromatic N) is 2. The van der Waals surface area contributed by atoms with E-state index in [9.17, 15) is 9.90 Å². The molecule has 0 aliphatic rings. The Kier molecular flexibility index (Phi) is 5.35. The van der Waals surface area contributed by atoms with Crippen LogP contribution in [0.25, 0.3) is 5.65 Å². The van der Waals surface area contributed by atoms with E-state index in [4.69, 9.17) is 4.42 Å². The van der Waals surface area contributed by atoms with E-state index >= 15 is 0 Å². The van der Waals surface area contributed by atoms with Gasteiger partial charge in [0.25, 0.3) is 0 Å². The predicted octanol–water partition coefficient (Wildman–Crippen LogP) is 2.28. The number of rotatable bonds is 7. The molecule has 3 heterocycles. The average Bonchev–Trinajstić information content (AvgIpc) is 3.24. The second kappa shape index (κ2) is 7.85. The summed E-state index contributed by atoms with van der Waals surface area (Å²) in [6.45, 7) is 2.33. The molecule has 0 aliphatic heterocycles. The van der Waals surface area contributed by atoms with Crippen LogP contribution in [-0.4, -0.2) is 33.1 Å². The van der Waals surface area contributed by atoms with Crippen molar-refractivity contribution in [3.05, 3.63) is 60.4 Å². The minimum Gasteiger partial charge on any atom is -0.467 e. The molecule has 3 rings (SSSR count). The first-order valence-corrected chi connectivity index (χ1v) is 8.30. The van der Waals surface area contributed by atoms with E-state index in [0.717, 1.165) is 11.3 Å². The number of nitrogens with one attached hydrogen (secondary N) is 2. The van der Waals surface area contributed by atoms with Crippen molar-refractivity contribution in [3.63, 3.8) is 0 Å². The number of carbonyl (C=O) groups is 1. The van der Waals surface area contributed by atoms with E-state index in [-0.39, 0.29) is 12.1 Å². The predicted molar refractivity (Wildman–Crippen MR) is 93.2 cm³/mol. The number of aromatic nitrogens is 2. The van der Waals surface area contributed by atoms with Gasteiger partial charge in [0, 0.05) is 37.8 Å². The molecule has 2 atom stereocenters. The van der Waals surface area contributed by atoms with Gasteiger partial charge < -0.3 is 24.6 Å². The molecular formula is C18H22N4O3. The number of aliphatic hydroxyl groups is 1. The number of furan rings is 1. The van der Waals surface area contributed by atoms with Gasteiger partial charge in [-0.1, -0.05) is 6.07 Å². The molecule has 7 nitrogen and oxygen atoms in total. The third-order valence-corrected chi connectivity index (χ3v) is 3.91. The molecular weight excluding hydrogens is 320 g/mol. The summed E-state index contributed by atoms with van der Waals surface area (Å²) in [4.78, 5) is 16.4. The Bertz CT molecular complexity index is 780. The second-order valence-electron chi connectivity index (χ2n) is 6.02. The first-order valence-electron chi connectivity index (χ1n) is 8.30. The van der Waals surface area contributed by atoms with Crippen LogP contribution in [0, 0.1) is 0 Å². The largest absolute Gasteiger partial charge is 0.467 e. The molecule has 0 radical (unpaired) electrons. The summed E-state index contributed by atoms with van der Waals surface area (Å²) < 4.78 is 7.10. The Balaban J connectivity index is 1.40. The maximum absolute atomic E-state index is 11.9. The normalized spacial score (nSPS) is 13.5. The lowest BCUT2D eigenvalue weighted by Crippen LogP contribution is -2.42. The van der Waals surface area contributed by atoms with Gasteiger partial charge in [-0.25, -0.2) is 9.78 Å². The summed E-state index contributed by atoms with van der Waals surface area (Å²) in [6, 6.07) is 8.82. The zero-order valence-electron chi connectivity index (χ0n) is 14.1. The first-order chi connectivity index (χ1) is 12.1. The fourth-order valence-corrected chi connectivity index (χ4v) is 2.68. The molecule has 3 aromatic heterocycles. The topological polar surface area (TPSA) is 91.8 Å². The zero-order valence-corrected chi connectivity index (χ0v) is 14.1. The third-order valence-electron chi connectivity index (χ3n) is 3.91. The molecule has 0 aliphatic carbocycles. The Morgan fingerprint density at radius 2 is 2.24 bits per heavy atom. The van der Waals surface area contributed by atoms with Gasteiger partial charge in [0.1, 0.15) is 17.5 Å². The van der Waals surface area contributed by atoms with Crippen molar-refractivity contribution in [1.29, 1.82) is 0 Å². The minimum absolute atomic E-state index is 0.185. The molecule has 132 valence electrons. The highest BCUT2D eigenvalue weighted by Gasteiger charge is 2.16. The lowest BCUT2D eigenvalue weighted by molar-refractivity contribution is 0.129. The number of hydrogen-bond acceptors (Lipinski definition) is 4. The molecule has 0 saturated carbocycles. The molecule has 0 saturated heterocycles. The maximum Gasteiger partial charge on any atom is 0.315 e. The van der Waals surface area contributed by atoms with E-state index in [2.05, 4.69) is 15.6 Å². The van der Waals surface area contributed by atoms with Crippen LogP contribution in [0.1, 0.15) is 30.9 Å². The van der Waals surface area contributed by atoms with Gasteiger partial charge in [0.2, 0.25) is 0 Å². The van der Waals surface area contributed by atoms with E-state index in [1.54, 1.807) is 12.1 Å². The fourth-order valence-electron chi connectivity index (χ4n) is 2.68. The standard InChI is InChI=1S/C18H22N4O3/c1-13(11-15(23)16-5-4-10-25-16)20-18(24)19-8-7-14-12-22-9-3-2-6-17(22)21-14/h2-6,9-10,12-13,15,23H,7-8,11H2,1H3,(H2,19,20,24)/t13-,15-/m1/s1. The third kappa shape index (κ3) is 4.60. The number of imidazole rings is 1. The van der Waals surface area contributed by atoms with Crippen LogP contribution in [0.3, 0.4) is 0 Å². The molecule has 3 N–H and O–H groups in total. The van der Waals surface area contributed by atoms with Crippen LogP contribution < -0.4 is 10.6 Å². The summed E-state index contributed by atoms with van der Waals surface area (Å²) in [6.07, 6.45) is 5.72. The number of carbonyl (C=O) groups excluding carboxylic acids is 1. The monoisotopic (exact) mass is 342 g/mol. The van der Waals surface area contributed by atoms with Gasteiger partial charge in [-0.15, -0.1) is 0 Å². The van der Waals surface area contributed by atoms with Gasteiger partial charge >= 0.3 is 6.03 Å². The smallest absolute Gasteiger partial charge is 0.315 e. The maximum atomic E-state index is 11.9. The highest BCUT2D eigenvalue weighted by molar-refractivity contribution is 5.74. The molecule has 0 fully saturated rings. The zero-order chi connectivity index (χ0) is 17.6. The molecule has 0 spiro atoms. The molecule has 7 heteroatoms. The summed E-state index contributed by atoms with van der Waals surface area (Å²) in [5.41, 5.74) is 1.82. The van der Waals surface area contributed by atoms with Gasteiger partial charge in [-0.05, 0) is 31.2 Å². The van der Waals surface area contributed by atoms with Gasteiger partial charge in [-0.3, -0.25) is 0 Å². The lowest BCUT2D eigenvalue weighted by atomic mass is 10.1. The van der Waals surface area contributed by atoms with Crippen LogP contribution in [0.4, 0.5) is 4.79 Å². The quantitative estimate of drug-likeness (QED) is 0.614. The molecule has 0 aromatic carbocycles. The minimum atomic E-state index is -0.733. The van der Waals surface area contributed by atoms with Crippen molar-refractivity contribution in [2.45, 2.75) is 31.9 Å². The summed E-state index contributed by atoms with van der Waals surface area (Å²) in [5.74, 6) is 0.501. The number of aliphatic hydroxyl groups excluding tert-OH is 1. The molecule has 2 amide bonds. The van der Waals surface area contributed by atoms with Crippen molar-refractivity contribution in [2.24, 2.45) is 0 Å². The first kappa shape index (κ1) is 17.0. The summed E-state index contributed by atoms with van der Waals surface area (Å²) >= 11 is 0. The highest BCUT2D eigenvalue weighted by atomic mass is 16.4. The lowest BCUT2D eigenvalue weighted by Gasteiger charge is -2.17. The van der Waals surface area contributed by atoms with Gasteiger partial charge in [0.15, 0.2) is 0 Å². The number of pyridine rings is 1. The van der Waals surface area contributed by atoms with Gasteiger partial charge in [0.05, 0.1) is 12.0 Å². The average molecular weight is 342 g/mol. The Morgan fingerprint density at radius 3 is 3.00 bits per heavy atom. The highest BCUT2D eigenvalue weighted by Crippen LogP contribution is 2.18. The van der Waals surface area contributed by atoms with Crippen molar-refractivity contribution in [2.75, 3.05) is 6.54 Å². The van der Waals surface area contributed by atoms with E-state index < -0.39 is 6.10 Å². The Hall–Kier alpha value is -2.80. The summed E-state index contributed by atoms with van der Waals surface area (Å²) in [5, 5.41) is 15.6. The fraction of sp³-hybridized carbons (Fsp3) is 0.333. The van der Waals surface area contributed by atoms with Crippen LogP contribution in [0.15, 0.2) is 53.4 Å². The van der Waals surface area contributed by atoms with Crippen molar-refractivity contribution in [1.82, 2.24) is 20.0 Å². The van der Waals surface area contributed by atoms with Crippen LogP contribution in [0.2, 0.25) is 0 Å². The van der Waals surface area contributed by atoms with Crippen LogP contribution in [0.5, 0.6) is 0 Å². The second-order valence-corrected chi connectivity index (χ2v) is 6.02. The Morgan fingerprint density at radius 1 is 1.36 bits per heavy atom. The van der Waals surface area contributed by atoms with Crippen molar-refractivity contribution < 1.29 is 14.3 Å². The van der Waals surface area contributed by atoms with Crippen LogP contribution in [-0.2, 0) is 6.42 Å². The number of hydrogen-bond donors (Lipinski definition) is 3. The summed E-state index contributed by atoms with van der Waals surface area (Å²) in [7, 11) is 0. The van der Waals surface area contributed by atoms with Crippen molar-refractivity contribution >= 4 is 11.7 Å². The van der Waals surface area contributed by atoms with E-state index in [0.29, 0.717) is 25.1 Å².